The molecule has 0 saturated carbocycles. The second kappa shape index (κ2) is 8.56. The van der Waals surface area contributed by atoms with E-state index in [0.29, 0.717) is 6.16 Å². The van der Waals surface area contributed by atoms with Gasteiger partial charge in [0.15, 0.2) is 0 Å². The van der Waals surface area contributed by atoms with Crippen LogP contribution >= 0.6 is 7.26 Å². The van der Waals surface area contributed by atoms with Gasteiger partial charge in [-0.3, -0.25) is 10.1 Å². The first-order valence-corrected chi connectivity index (χ1v) is 11.6. The van der Waals surface area contributed by atoms with Gasteiger partial charge in [-0.25, -0.2) is 0 Å². The third kappa shape index (κ3) is 3.74. The van der Waals surface area contributed by atoms with E-state index in [1.54, 1.807) is 6.07 Å². The van der Waals surface area contributed by atoms with Crippen molar-refractivity contribution in [1.29, 1.82) is 0 Å². The molecule has 5 heteroatoms. The summed E-state index contributed by atoms with van der Waals surface area (Å²) in [5, 5.41) is 14.6. The van der Waals surface area contributed by atoms with Gasteiger partial charge in [0, 0.05) is 6.07 Å². The van der Waals surface area contributed by atoms with Gasteiger partial charge in [0.2, 0.25) is 5.82 Å². The molecule has 4 aromatic rings. The van der Waals surface area contributed by atoms with Gasteiger partial charge in [-0.1, -0.05) is 54.6 Å². The van der Waals surface area contributed by atoms with E-state index in [2.05, 4.69) is 36.4 Å². The van der Waals surface area contributed by atoms with Crippen LogP contribution in [0.5, 0.6) is 0 Å². The van der Waals surface area contributed by atoms with Gasteiger partial charge < -0.3 is 0 Å². The smallest absolute Gasteiger partial charge is 0.258 e. The number of hydrogen-bond acceptors (Lipinski definition) is 2. The average molecular weight is 416 g/mol. The molecular formula is C25H20FNO2P+. The third-order valence-electron chi connectivity index (χ3n) is 5.22. The number of nitro benzene ring substituents is 1. The summed E-state index contributed by atoms with van der Waals surface area (Å²) >= 11 is 0. The fraction of sp³-hybridized carbons (Fsp3) is 0.0400. The Morgan fingerprint density at radius 3 is 1.50 bits per heavy atom. The van der Waals surface area contributed by atoms with Crippen LogP contribution < -0.4 is 15.9 Å². The highest BCUT2D eigenvalue weighted by Crippen LogP contribution is 2.58. The summed E-state index contributed by atoms with van der Waals surface area (Å²) in [4.78, 5) is 10.4. The first-order chi connectivity index (χ1) is 14.6. The van der Waals surface area contributed by atoms with Crippen LogP contribution in [0.2, 0.25) is 0 Å². The van der Waals surface area contributed by atoms with Crippen molar-refractivity contribution in [3.05, 3.63) is 131 Å². The van der Waals surface area contributed by atoms with E-state index in [4.69, 9.17) is 0 Å². The van der Waals surface area contributed by atoms with Gasteiger partial charge in [-0.2, -0.15) is 4.39 Å². The van der Waals surface area contributed by atoms with E-state index >= 15 is 0 Å². The number of halogens is 1. The van der Waals surface area contributed by atoms with Gasteiger partial charge in [0.25, 0.3) is 0 Å². The lowest BCUT2D eigenvalue weighted by Crippen LogP contribution is -2.32. The highest BCUT2D eigenvalue weighted by molar-refractivity contribution is 7.95. The Balaban J connectivity index is 1.96. The van der Waals surface area contributed by atoms with E-state index in [9.17, 15) is 14.5 Å². The van der Waals surface area contributed by atoms with Gasteiger partial charge >= 0.3 is 5.69 Å². The molecule has 0 atom stereocenters. The Labute approximate surface area is 175 Å². The molecule has 0 radical (unpaired) electrons. The van der Waals surface area contributed by atoms with E-state index in [0.717, 1.165) is 5.56 Å². The lowest BCUT2D eigenvalue weighted by atomic mass is 10.2. The van der Waals surface area contributed by atoms with E-state index < -0.39 is 23.7 Å². The van der Waals surface area contributed by atoms with Crippen LogP contribution in [0.3, 0.4) is 0 Å². The number of rotatable bonds is 6. The quantitative estimate of drug-likeness (QED) is 0.245. The first kappa shape index (κ1) is 19.9. The fourth-order valence-corrected chi connectivity index (χ4v) is 8.07. The minimum atomic E-state index is -2.17. The van der Waals surface area contributed by atoms with Crippen LogP contribution in [-0.2, 0) is 6.16 Å². The van der Waals surface area contributed by atoms with Crippen molar-refractivity contribution in [1.82, 2.24) is 0 Å². The summed E-state index contributed by atoms with van der Waals surface area (Å²) in [5.41, 5.74) is 0.241. The van der Waals surface area contributed by atoms with E-state index in [1.807, 2.05) is 54.6 Å². The summed E-state index contributed by atoms with van der Waals surface area (Å²) < 4.78 is 14.5. The Morgan fingerprint density at radius 2 is 1.13 bits per heavy atom. The molecule has 30 heavy (non-hydrogen) atoms. The van der Waals surface area contributed by atoms with Crippen LogP contribution in [-0.4, -0.2) is 4.92 Å². The van der Waals surface area contributed by atoms with Gasteiger partial charge in [-0.05, 0) is 54.1 Å². The summed E-state index contributed by atoms with van der Waals surface area (Å²) in [6.45, 7) is 0. The normalized spacial score (nSPS) is 11.2. The highest BCUT2D eigenvalue weighted by atomic mass is 31.2. The van der Waals surface area contributed by atoms with Crippen molar-refractivity contribution in [3.63, 3.8) is 0 Å². The molecule has 0 bridgehead atoms. The van der Waals surface area contributed by atoms with Crippen LogP contribution in [0.1, 0.15) is 5.56 Å². The molecule has 4 aromatic carbocycles. The van der Waals surface area contributed by atoms with Crippen molar-refractivity contribution in [3.8, 4) is 0 Å². The molecule has 0 spiro atoms. The molecular weight excluding hydrogens is 396 g/mol. The highest BCUT2D eigenvalue weighted by Gasteiger charge is 2.45. The summed E-state index contributed by atoms with van der Waals surface area (Å²) in [6.07, 6.45) is 0.569. The second-order valence-electron chi connectivity index (χ2n) is 7.02. The standard InChI is InChI=1S/C25H20FNO2P/c26-24-18-20(16-17-25(24)27(28)29)19-30(21-10-4-1-5-11-21,22-12-6-2-7-13-22)23-14-8-3-9-15-23/h1-18H,19H2/q+1. The van der Waals surface area contributed by atoms with Crippen LogP contribution in [0.4, 0.5) is 10.1 Å². The first-order valence-electron chi connectivity index (χ1n) is 9.59. The third-order valence-corrected chi connectivity index (χ3v) is 9.60. The molecule has 0 amide bonds. The maximum atomic E-state index is 14.5. The van der Waals surface area contributed by atoms with Crippen molar-refractivity contribution >= 4 is 28.9 Å². The van der Waals surface area contributed by atoms with Crippen LogP contribution in [0.15, 0.2) is 109 Å². The Hall–Kier alpha value is -3.36. The molecule has 0 aliphatic carbocycles. The second-order valence-corrected chi connectivity index (χ2v) is 10.5. The lowest BCUT2D eigenvalue weighted by molar-refractivity contribution is -0.387. The summed E-state index contributed by atoms with van der Waals surface area (Å²) in [7, 11) is -2.17. The molecule has 0 fully saturated rings. The Morgan fingerprint density at radius 1 is 0.700 bits per heavy atom. The van der Waals surface area contributed by atoms with E-state index in [1.165, 1.54) is 28.0 Å². The zero-order valence-electron chi connectivity index (χ0n) is 16.2. The van der Waals surface area contributed by atoms with Gasteiger partial charge in [0.1, 0.15) is 23.2 Å². The Bertz CT molecular complexity index is 1050. The largest absolute Gasteiger partial charge is 0.304 e. The predicted octanol–water partition coefficient (Wildman–Crippen LogP) is 5.23. The summed E-state index contributed by atoms with van der Waals surface area (Å²) in [6, 6.07) is 35.0. The van der Waals surface area contributed by atoms with Gasteiger partial charge in [-0.15, -0.1) is 0 Å². The maximum Gasteiger partial charge on any atom is 0.304 e. The average Bonchev–Trinajstić information content (AvgIpc) is 2.79. The maximum absolute atomic E-state index is 14.5. The molecule has 4 rings (SSSR count). The molecule has 0 saturated heterocycles. The number of nitro groups is 1. The molecule has 0 N–H and O–H groups in total. The van der Waals surface area contributed by atoms with Crippen LogP contribution in [0, 0.1) is 15.9 Å². The molecule has 3 nitrogen and oxygen atoms in total. The monoisotopic (exact) mass is 416 g/mol. The molecule has 0 heterocycles. The lowest BCUT2D eigenvalue weighted by Gasteiger charge is -2.27. The number of hydrogen-bond donors (Lipinski definition) is 0. The number of benzene rings is 4. The topological polar surface area (TPSA) is 43.1 Å². The minimum Gasteiger partial charge on any atom is -0.258 e. The molecule has 0 unspecified atom stereocenters. The van der Waals surface area contributed by atoms with Crippen molar-refractivity contribution in [2.45, 2.75) is 6.16 Å². The minimum absolute atomic E-state index is 0.498. The van der Waals surface area contributed by atoms with Crippen molar-refractivity contribution in [2.24, 2.45) is 0 Å². The molecule has 148 valence electrons. The summed E-state index contributed by atoms with van der Waals surface area (Å²) in [5.74, 6) is -0.801. The SMILES string of the molecule is O=[N+]([O-])c1ccc(C[P+](c2ccccc2)(c2ccccc2)c2ccccc2)cc1F. The predicted molar refractivity (Wildman–Crippen MR) is 122 cm³/mol. The van der Waals surface area contributed by atoms with Crippen molar-refractivity contribution < 1.29 is 9.31 Å². The zero-order valence-corrected chi connectivity index (χ0v) is 17.1. The molecule has 0 aliphatic heterocycles. The number of nitrogens with zero attached hydrogens (tertiary/aromatic N) is 1. The van der Waals surface area contributed by atoms with E-state index in [-0.39, 0.29) is 0 Å². The Kier molecular flexibility index (Phi) is 5.69. The molecule has 0 aliphatic rings. The van der Waals surface area contributed by atoms with Crippen molar-refractivity contribution in [2.75, 3.05) is 0 Å². The molecule has 0 aromatic heterocycles. The van der Waals surface area contributed by atoms with Crippen LogP contribution in [0.25, 0.3) is 0 Å². The fourth-order valence-electron chi connectivity index (χ4n) is 3.84. The van der Waals surface area contributed by atoms with Gasteiger partial charge in [0.05, 0.1) is 11.1 Å². The zero-order chi connectivity index (χ0) is 21.0.